The second-order valence-corrected chi connectivity index (χ2v) is 4.50. The van der Waals surface area contributed by atoms with Crippen LogP contribution in [0.3, 0.4) is 0 Å². The van der Waals surface area contributed by atoms with E-state index in [4.69, 9.17) is 4.74 Å². The molecular weight excluding hydrogens is 192 g/mol. The number of ether oxygens (including phenoxy) is 1. The van der Waals surface area contributed by atoms with Gasteiger partial charge >= 0.3 is 0 Å². The number of carbonyl (C=O) groups is 1. The van der Waals surface area contributed by atoms with Gasteiger partial charge < -0.3 is 15.0 Å². The van der Waals surface area contributed by atoms with Gasteiger partial charge in [0.15, 0.2) is 0 Å². The van der Waals surface area contributed by atoms with Crippen LogP contribution in [0.4, 0.5) is 0 Å². The molecule has 0 aromatic carbocycles. The molecule has 2 aliphatic rings. The average molecular weight is 212 g/mol. The molecule has 15 heavy (non-hydrogen) atoms. The Balaban J connectivity index is 1.92. The van der Waals surface area contributed by atoms with Crippen molar-refractivity contribution in [1.82, 2.24) is 10.2 Å². The minimum Gasteiger partial charge on any atom is -0.377 e. The largest absolute Gasteiger partial charge is 0.377 e. The van der Waals surface area contributed by atoms with Crippen LogP contribution < -0.4 is 5.32 Å². The van der Waals surface area contributed by atoms with Gasteiger partial charge in [0, 0.05) is 13.1 Å². The van der Waals surface area contributed by atoms with Crippen molar-refractivity contribution in [3.63, 3.8) is 0 Å². The fraction of sp³-hybridized carbons (Fsp3) is 0.909. The first-order chi connectivity index (χ1) is 7.29. The van der Waals surface area contributed by atoms with Crippen LogP contribution in [0.5, 0.6) is 0 Å². The molecule has 0 aromatic heterocycles. The number of hydrogen-bond donors (Lipinski definition) is 1. The fourth-order valence-electron chi connectivity index (χ4n) is 2.35. The van der Waals surface area contributed by atoms with Gasteiger partial charge in [-0.25, -0.2) is 0 Å². The number of hydrogen-bond acceptors (Lipinski definition) is 3. The van der Waals surface area contributed by atoms with Crippen LogP contribution in [0.25, 0.3) is 0 Å². The molecule has 0 radical (unpaired) electrons. The van der Waals surface area contributed by atoms with E-state index < -0.39 is 0 Å². The molecule has 1 amide bonds. The summed E-state index contributed by atoms with van der Waals surface area (Å²) in [7, 11) is 0. The van der Waals surface area contributed by atoms with Crippen molar-refractivity contribution in [3.05, 3.63) is 0 Å². The monoisotopic (exact) mass is 212 g/mol. The Morgan fingerprint density at radius 3 is 3.07 bits per heavy atom. The highest BCUT2D eigenvalue weighted by molar-refractivity contribution is 5.79. The summed E-state index contributed by atoms with van der Waals surface area (Å²) in [5, 5.41) is 3.29. The molecule has 1 unspecified atom stereocenters. The van der Waals surface area contributed by atoms with Gasteiger partial charge in [-0.15, -0.1) is 0 Å². The molecule has 0 spiro atoms. The highest BCUT2D eigenvalue weighted by Crippen LogP contribution is 2.16. The number of nitrogens with one attached hydrogen (secondary N) is 1. The van der Waals surface area contributed by atoms with Crippen molar-refractivity contribution < 1.29 is 9.53 Å². The normalized spacial score (nSPS) is 32.7. The fourth-order valence-corrected chi connectivity index (χ4v) is 2.35. The SMILES string of the molecule is CC1COCCN1C(=O)[C@H]1CCCNC1. The lowest BCUT2D eigenvalue weighted by Crippen LogP contribution is -2.51. The Morgan fingerprint density at radius 2 is 2.40 bits per heavy atom. The molecule has 2 saturated heterocycles. The van der Waals surface area contributed by atoms with Gasteiger partial charge in [0.05, 0.1) is 25.2 Å². The first kappa shape index (κ1) is 10.9. The van der Waals surface area contributed by atoms with Crippen molar-refractivity contribution in [3.8, 4) is 0 Å². The third-order valence-corrected chi connectivity index (χ3v) is 3.30. The zero-order valence-electron chi connectivity index (χ0n) is 9.37. The molecule has 0 aliphatic carbocycles. The molecule has 0 bridgehead atoms. The summed E-state index contributed by atoms with van der Waals surface area (Å²) in [4.78, 5) is 14.2. The van der Waals surface area contributed by atoms with Gasteiger partial charge in [0.25, 0.3) is 0 Å². The maximum Gasteiger partial charge on any atom is 0.227 e. The smallest absolute Gasteiger partial charge is 0.227 e. The van der Waals surface area contributed by atoms with E-state index in [1.807, 2.05) is 4.90 Å². The van der Waals surface area contributed by atoms with Crippen LogP contribution in [-0.4, -0.2) is 49.7 Å². The van der Waals surface area contributed by atoms with Crippen LogP contribution in [0.2, 0.25) is 0 Å². The number of rotatable bonds is 1. The molecule has 4 heteroatoms. The molecule has 2 atom stereocenters. The second-order valence-electron chi connectivity index (χ2n) is 4.50. The summed E-state index contributed by atoms with van der Waals surface area (Å²) in [6, 6.07) is 0.244. The van der Waals surface area contributed by atoms with Crippen molar-refractivity contribution in [2.75, 3.05) is 32.8 Å². The van der Waals surface area contributed by atoms with E-state index in [0.717, 1.165) is 32.5 Å². The predicted molar refractivity (Wildman–Crippen MR) is 57.6 cm³/mol. The van der Waals surface area contributed by atoms with E-state index in [9.17, 15) is 4.79 Å². The zero-order chi connectivity index (χ0) is 10.7. The summed E-state index contributed by atoms with van der Waals surface area (Å²) in [5.74, 6) is 0.511. The van der Waals surface area contributed by atoms with Crippen LogP contribution in [-0.2, 0) is 9.53 Å². The van der Waals surface area contributed by atoms with Crippen LogP contribution in [0.1, 0.15) is 19.8 Å². The van der Waals surface area contributed by atoms with E-state index in [0.29, 0.717) is 19.1 Å². The lowest BCUT2D eigenvalue weighted by molar-refractivity contribution is -0.144. The van der Waals surface area contributed by atoms with Gasteiger partial charge in [0.1, 0.15) is 0 Å². The van der Waals surface area contributed by atoms with Crippen LogP contribution >= 0.6 is 0 Å². The maximum absolute atomic E-state index is 12.2. The summed E-state index contributed by atoms with van der Waals surface area (Å²) in [6.45, 7) is 6.11. The van der Waals surface area contributed by atoms with Gasteiger partial charge in [0.2, 0.25) is 5.91 Å². The molecule has 0 saturated carbocycles. The maximum atomic E-state index is 12.2. The van der Waals surface area contributed by atoms with E-state index >= 15 is 0 Å². The molecule has 0 aromatic rings. The van der Waals surface area contributed by atoms with Gasteiger partial charge in [-0.3, -0.25) is 4.79 Å². The lowest BCUT2D eigenvalue weighted by atomic mass is 9.97. The van der Waals surface area contributed by atoms with Gasteiger partial charge in [-0.2, -0.15) is 0 Å². The highest BCUT2D eigenvalue weighted by atomic mass is 16.5. The third-order valence-electron chi connectivity index (χ3n) is 3.30. The first-order valence-electron chi connectivity index (χ1n) is 5.88. The molecule has 2 aliphatic heterocycles. The number of carbonyl (C=O) groups excluding carboxylic acids is 1. The van der Waals surface area contributed by atoms with Crippen molar-refractivity contribution in [2.45, 2.75) is 25.8 Å². The molecule has 4 nitrogen and oxygen atoms in total. The number of nitrogens with zero attached hydrogens (tertiary/aromatic N) is 1. The first-order valence-corrected chi connectivity index (χ1v) is 5.88. The minimum atomic E-state index is 0.194. The molecule has 86 valence electrons. The summed E-state index contributed by atoms with van der Waals surface area (Å²) in [6.07, 6.45) is 2.16. The number of amides is 1. The molecule has 2 heterocycles. The van der Waals surface area contributed by atoms with E-state index in [-0.39, 0.29) is 12.0 Å². The second kappa shape index (κ2) is 4.94. The summed E-state index contributed by atoms with van der Waals surface area (Å²) in [5.41, 5.74) is 0. The third kappa shape index (κ3) is 2.49. The van der Waals surface area contributed by atoms with Crippen molar-refractivity contribution >= 4 is 5.91 Å². The van der Waals surface area contributed by atoms with E-state index in [1.165, 1.54) is 0 Å². The Morgan fingerprint density at radius 1 is 1.53 bits per heavy atom. The lowest BCUT2D eigenvalue weighted by Gasteiger charge is -2.36. The average Bonchev–Trinajstić information content (AvgIpc) is 2.30. The Kier molecular flexibility index (Phi) is 3.59. The molecule has 2 rings (SSSR count). The van der Waals surface area contributed by atoms with Gasteiger partial charge in [-0.1, -0.05) is 0 Å². The van der Waals surface area contributed by atoms with E-state index in [1.54, 1.807) is 0 Å². The zero-order valence-corrected chi connectivity index (χ0v) is 9.37. The van der Waals surface area contributed by atoms with E-state index in [2.05, 4.69) is 12.2 Å². The topological polar surface area (TPSA) is 41.6 Å². The summed E-state index contributed by atoms with van der Waals surface area (Å²) >= 11 is 0. The molecular formula is C11H20N2O2. The predicted octanol–water partition coefficient (Wildman–Crippen LogP) is 0.233. The Labute approximate surface area is 91.0 Å². The van der Waals surface area contributed by atoms with Gasteiger partial charge in [-0.05, 0) is 26.3 Å². The van der Waals surface area contributed by atoms with Crippen molar-refractivity contribution in [1.29, 1.82) is 0 Å². The molecule has 2 fully saturated rings. The molecule has 1 N–H and O–H groups in total. The minimum absolute atomic E-state index is 0.194. The van der Waals surface area contributed by atoms with Crippen molar-refractivity contribution in [2.24, 2.45) is 5.92 Å². The Hall–Kier alpha value is -0.610. The Bertz CT molecular complexity index is 227. The number of morpholine rings is 1. The van der Waals surface area contributed by atoms with Crippen LogP contribution in [0.15, 0.2) is 0 Å². The quantitative estimate of drug-likeness (QED) is 0.676. The summed E-state index contributed by atoms with van der Waals surface area (Å²) < 4.78 is 5.34. The highest BCUT2D eigenvalue weighted by Gasteiger charge is 2.30. The van der Waals surface area contributed by atoms with Crippen LogP contribution in [0, 0.1) is 5.92 Å². The number of piperidine rings is 1. The standard InChI is InChI=1S/C11H20N2O2/c1-9-8-15-6-5-13(9)11(14)10-3-2-4-12-7-10/h9-10,12H,2-8H2,1H3/t9?,10-/m0/s1.